The maximum absolute atomic E-state index is 13.3. The fraction of sp³-hybridized carbons (Fsp3) is 0.125. The third kappa shape index (κ3) is 4.46. The number of aromatic nitrogens is 2. The van der Waals surface area contributed by atoms with E-state index in [1.165, 1.54) is 11.8 Å². The van der Waals surface area contributed by atoms with Crippen molar-refractivity contribution in [3.63, 3.8) is 0 Å². The summed E-state index contributed by atoms with van der Waals surface area (Å²) in [6.07, 6.45) is 1.55. The first kappa shape index (κ1) is 19.2. The number of aryl methyl sites for hydroxylation is 2. The van der Waals surface area contributed by atoms with Crippen LogP contribution in [0.25, 0.3) is 10.9 Å². The van der Waals surface area contributed by atoms with Crippen LogP contribution in [0.5, 0.6) is 0 Å². The van der Waals surface area contributed by atoms with Crippen molar-refractivity contribution < 1.29 is 4.79 Å². The summed E-state index contributed by atoms with van der Waals surface area (Å²) < 4.78 is 0. The van der Waals surface area contributed by atoms with Gasteiger partial charge in [0.15, 0.2) is 0 Å². The highest BCUT2D eigenvalue weighted by atomic mass is 32.2. The summed E-state index contributed by atoms with van der Waals surface area (Å²) in [6, 6.07) is 23.7. The molecule has 4 nitrogen and oxygen atoms in total. The van der Waals surface area contributed by atoms with Gasteiger partial charge in [0, 0.05) is 11.1 Å². The molecule has 1 heterocycles. The molecule has 1 atom stereocenters. The number of carbonyl (C=O) groups excluding carboxylic acids is 1. The molecule has 0 radical (unpaired) electrons. The monoisotopic (exact) mass is 399 g/mol. The third-order valence-corrected chi connectivity index (χ3v) is 5.84. The van der Waals surface area contributed by atoms with E-state index in [1.54, 1.807) is 6.33 Å². The van der Waals surface area contributed by atoms with E-state index in [-0.39, 0.29) is 5.91 Å². The van der Waals surface area contributed by atoms with Crippen LogP contribution in [0, 0.1) is 13.8 Å². The number of hydrogen-bond acceptors (Lipinski definition) is 4. The number of thioether (sulfide) groups is 1. The minimum Gasteiger partial charge on any atom is -0.325 e. The van der Waals surface area contributed by atoms with Gasteiger partial charge in [-0.2, -0.15) is 0 Å². The number of carbonyl (C=O) groups is 1. The first-order valence-corrected chi connectivity index (χ1v) is 10.3. The molecule has 1 amide bonds. The van der Waals surface area contributed by atoms with Gasteiger partial charge in [-0.3, -0.25) is 4.79 Å². The van der Waals surface area contributed by atoms with Gasteiger partial charge >= 0.3 is 0 Å². The molecule has 5 heteroatoms. The van der Waals surface area contributed by atoms with E-state index in [1.807, 2.05) is 80.6 Å². The summed E-state index contributed by atoms with van der Waals surface area (Å²) >= 11 is 1.44. The quantitative estimate of drug-likeness (QED) is 0.344. The Morgan fingerprint density at radius 2 is 1.59 bits per heavy atom. The molecule has 3 aromatic carbocycles. The zero-order valence-electron chi connectivity index (χ0n) is 16.3. The highest BCUT2D eigenvalue weighted by Crippen LogP contribution is 2.38. The van der Waals surface area contributed by atoms with E-state index >= 15 is 0 Å². The average molecular weight is 400 g/mol. The Morgan fingerprint density at radius 1 is 0.897 bits per heavy atom. The predicted molar refractivity (Wildman–Crippen MR) is 119 cm³/mol. The Labute approximate surface area is 174 Å². The number of benzene rings is 3. The fourth-order valence-electron chi connectivity index (χ4n) is 3.34. The van der Waals surface area contributed by atoms with E-state index in [0.29, 0.717) is 0 Å². The van der Waals surface area contributed by atoms with Gasteiger partial charge in [-0.1, -0.05) is 66.4 Å². The predicted octanol–water partition coefficient (Wildman–Crippen LogP) is 5.72. The van der Waals surface area contributed by atoms with Crippen LogP contribution in [-0.4, -0.2) is 15.9 Å². The zero-order chi connectivity index (χ0) is 20.2. The number of nitrogens with zero attached hydrogens (tertiary/aromatic N) is 2. The Kier molecular flexibility index (Phi) is 5.58. The molecule has 29 heavy (non-hydrogen) atoms. The molecule has 0 saturated heterocycles. The van der Waals surface area contributed by atoms with Crippen LogP contribution in [0.2, 0.25) is 0 Å². The molecule has 1 aromatic heterocycles. The van der Waals surface area contributed by atoms with Crippen LogP contribution in [0.15, 0.2) is 84.1 Å². The summed E-state index contributed by atoms with van der Waals surface area (Å²) in [5.41, 5.74) is 4.84. The molecule has 0 aliphatic carbocycles. The second-order valence-electron chi connectivity index (χ2n) is 6.97. The SMILES string of the molecule is Cc1cc(C)cc(NC(=O)[C@H](Sc2ncnc3ccccc23)c2ccccc2)c1. The van der Waals surface area contributed by atoms with Crippen molar-refractivity contribution in [2.24, 2.45) is 0 Å². The second kappa shape index (κ2) is 8.45. The minimum absolute atomic E-state index is 0.0751. The standard InChI is InChI=1S/C24H21N3OS/c1-16-12-17(2)14-19(13-16)27-23(28)22(18-8-4-3-5-9-18)29-24-20-10-6-7-11-21(20)25-15-26-24/h3-15,22H,1-2H3,(H,27,28)/t22-/m1/s1. The van der Waals surface area contributed by atoms with Gasteiger partial charge < -0.3 is 5.32 Å². The molecule has 0 aliphatic rings. The van der Waals surface area contributed by atoms with Crippen LogP contribution in [-0.2, 0) is 4.79 Å². The molecule has 0 fully saturated rings. The lowest BCUT2D eigenvalue weighted by Crippen LogP contribution is -2.19. The molecule has 0 unspecified atom stereocenters. The summed E-state index contributed by atoms with van der Waals surface area (Å²) in [5, 5.41) is 4.39. The van der Waals surface area contributed by atoms with Crippen molar-refractivity contribution in [1.29, 1.82) is 0 Å². The van der Waals surface area contributed by atoms with E-state index < -0.39 is 5.25 Å². The molecule has 0 bridgehead atoms. The summed E-state index contributed by atoms with van der Waals surface area (Å²) in [6.45, 7) is 4.05. The summed E-state index contributed by atoms with van der Waals surface area (Å²) in [4.78, 5) is 22.1. The van der Waals surface area contributed by atoms with Crippen molar-refractivity contribution in [3.8, 4) is 0 Å². The van der Waals surface area contributed by atoms with E-state index in [2.05, 4.69) is 21.4 Å². The first-order valence-electron chi connectivity index (χ1n) is 9.40. The Bertz CT molecular complexity index is 1140. The number of para-hydroxylation sites is 1. The third-order valence-electron chi connectivity index (χ3n) is 4.57. The molecule has 144 valence electrons. The van der Waals surface area contributed by atoms with E-state index in [0.717, 1.165) is 38.3 Å². The van der Waals surface area contributed by atoms with E-state index in [4.69, 9.17) is 0 Å². The molecule has 0 spiro atoms. The number of anilines is 1. The van der Waals surface area contributed by atoms with Crippen LogP contribution in [0.4, 0.5) is 5.69 Å². The normalized spacial score (nSPS) is 11.9. The smallest absolute Gasteiger partial charge is 0.242 e. The van der Waals surface area contributed by atoms with Gasteiger partial charge in [0.2, 0.25) is 5.91 Å². The van der Waals surface area contributed by atoms with Crippen LogP contribution < -0.4 is 5.32 Å². The lowest BCUT2D eigenvalue weighted by Gasteiger charge is -2.18. The molecule has 4 aromatic rings. The maximum atomic E-state index is 13.3. The Balaban J connectivity index is 1.69. The van der Waals surface area contributed by atoms with Crippen molar-refractivity contribution in [1.82, 2.24) is 9.97 Å². The molecule has 1 N–H and O–H groups in total. The highest BCUT2D eigenvalue weighted by Gasteiger charge is 2.24. The lowest BCUT2D eigenvalue weighted by atomic mass is 10.1. The van der Waals surface area contributed by atoms with Gasteiger partial charge in [0.1, 0.15) is 16.6 Å². The molecule has 0 aliphatic heterocycles. The van der Waals surface area contributed by atoms with Crippen LogP contribution >= 0.6 is 11.8 Å². The van der Waals surface area contributed by atoms with Crippen molar-refractivity contribution in [2.45, 2.75) is 24.1 Å². The number of hydrogen-bond donors (Lipinski definition) is 1. The Hall–Kier alpha value is -3.18. The minimum atomic E-state index is -0.435. The number of fused-ring (bicyclic) bond motifs is 1. The summed E-state index contributed by atoms with van der Waals surface area (Å²) in [5.74, 6) is -0.0751. The lowest BCUT2D eigenvalue weighted by molar-refractivity contribution is -0.115. The van der Waals surface area contributed by atoms with Crippen LogP contribution in [0.1, 0.15) is 21.9 Å². The topological polar surface area (TPSA) is 54.9 Å². The summed E-state index contributed by atoms with van der Waals surface area (Å²) in [7, 11) is 0. The van der Waals surface area contributed by atoms with Gasteiger partial charge in [-0.15, -0.1) is 0 Å². The van der Waals surface area contributed by atoms with Gasteiger partial charge in [0.05, 0.1) is 5.52 Å². The molecular weight excluding hydrogens is 378 g/mol. The number of nitrogens with one attached hydrogen (secondary N) is 1. The second-order valence-corrected chi connectivity index (χ2v) is 8.06. The van der Waals surface area contributed by atoms with Gasteiger partial charge in [-0.05, 0) is 48.7 Å². The molecule has 4 rings (SSSR count). The molecular formula is C24H21N3OS. The van der Waals surface area contributed by atoms with Gasteiger partial charge in [-0.25, -0.2) is 9.97 Å². The van der Waals surface area contributed by atoms with Crippen molar-refractivity contribution in [2.75, 3.05) is 5.32 Å². The van der Waals surface area contributed by atoms with Crippen LogP contribution in [0.3, 0.4) is 0 Å². The zero-order valence-corrected chi connectivity index (χ0v) is 17.1. The average Bonchev–Trinajstić information content (AvgIpc) is 2.72. The fourth-order valence-corrected chi connectivity index (χ4v) is 4.43. The van der Waals surface area contributed by atoms with E-state index in [9.17, 15) is 4.79 Å². The van der Waals surface area contributed by atoms with Crippen molar-refractivity contribution >= 4 is 34.3 Å². The maximum Gasteiger partial charge on any atom is 0.242 e. The highest BCUT2D eigenvalue weighted by molar-refractivity contribution is 8.00. The number of rotatable bonds is 5. The number of amides is 1. The van der Waals surface area contributed by atoms with Crippen molar-refractivity contribution in [3.05, 3.63) is 95.8 Å². The largest absolute Gasteiger partial charge is 0.325 e. The molecule has 0 saturated carbocycles. The van der Waals surface area contributed by atoms with Gasteiger partial charge in [0.25, 0.3) is 0 Å². The first-order chi connectivity index (χ1) is 14.1. The Morgan fingerprint density at radius 3 is 2.34 bits per heavy atom.